The molecule has 1 aromatic rings. The minimum atomic E-state index is -0.386. The van der Waals surface area contributed by atoms with Crippen LogP contribution in [0.2, 0.25) is 0 Å². The minimum Gasteiger partial charge on any atom is -0.300 e. The van der Waals surface area contributed by atoms with Crippen molar-refractivity contribution >= 4 is 5.78 Å². The molecule has 2 bridgehead atoms. The molecular formula is C16H20FNO. The maximum atomic E-state index is 13.6. The van der Waals surface area contributed by atoms with Crippen LogP contribution in [0.1, 0.15) is 42.5 Å². The van der Waals surface area contributed by atoms with Gasteiger partial charge < -0.3 is 4.90 Å². The molecule has 2 heterocycles. The van der Waals surface area contributed by atoms with Crippen LogP contribution in [0.4, 0.5) is 4.39 Å². The molecule has 102 valence electrons. The van der Waals surface area contributed by atoms with Crippen molar-refractivity contribution < 1.29 is 9.18 Å². The van der Waals surface area contributed by atoms with Gasteiger partial charge >= 0.3 is 0 Å². The van der Waals surface area contributed by atoms with Gasteiger partial charge in [0, 0.05) is 18.5 Å². The highest BCUT2D eigenvalue weighted by atomic mass is 19.1. The SMILES string of the molecule is CN1C2CCC1CC(CC(=O)c1ccccc1F)C2. The number of nitrogens with zero attached hydrogens (tertiary/aromatic N) is 1. The summed E-state index contributed by atoms with van der Waals surface area (Å²) in [5, 5.41) is 0. The predicted octanol–water partition coefficient (Wildman–Crippen LogP) is 3.27. The summed E-state index contributed by atoms with van der Waals surface area (Å²) in [4.78, 5) is 14.7. The van der Waals surface area contributed by atoms with Crippen molar-refractivity contribution in [3.05, 3.63) is 35.6 Å². The summed E-state index contributed by atoms with van der Waals surface area (Å²) >= 11 is 0. The number of rotatable bonds is 3. The van der Waals surface area contributed by atoms with Crippen LogP contribution in [0.3, 0.4) is 0 Å². The Balaban J connectivity index is 1.67. The minimum absolute atomic E-state index is 0.0351. The van der Waals surface area contributed by atoms with Crippen molar-refractivity contribution in [2.75, 3.05) is 7.05 Å². The van der Waals surface area contributed by atoms with Crippen LogP contribution in [0.15, 0.2) is 24.3 Å². The van der Waals surface area contributed by atoms with Crippen LogP contribution in [-0.2, 0) is 0 Å². The Morgan fingerprint density at radius 2 is 1.89 bits per heavy atom. The zero-order chi connectivity index (χ0) is 13.4. The van der Waals surface area contributed by atoms with Crippen molar-refractivity contribution in [1.29, 1.82) is 0 Å². The fraction of sp³-hybridized carbons (Fsp3) is 0.562. The molecule has 2 saturated heterocycles. The Hall–Kier alpha value is -1.22. The molecule has 2 unspecified atom stereocenters. The molecule has 0 saturated carbocycles. The van der Waals surface area contributed by atoms with Crippen LogP contribution in [-0.4, -0.2) is 29.8 Å². The molecule has 19 heavy (non-hydrogen) atoms. The summed E-state index contributed by atoms with van der Waals surface area (Å²) in [7, 11) is 2.19. The molecule has 2 aliphatic heterocycles. The van der Waals surface area contributed by atoms with Gasteiger partial charge in [-0.1, -0.05) is 12.1 Å². The van der Waals surface area contributed by atoms with Gasteiger partial charge in [0.25, 0.3) is 0 Å². The van der Waals surface area contributed by atoms with Crippen molar-refractivity contribution in [2.45, 2.75) is 44.2 Å². The molecule has 2 atom stereocenters. The van der Waals surface area contributed by atoms with Crippen LogP contribution in [0, 0.1) is 11.7 Å². The van der Waals surface area contributed by atoms with E-state index in [0.717, 1.165) is 12.8 Å². The van der Waals surface area contributed by atoms with Crippen LogP contribution in [0.5, 0.6) is 0 Å². The average Bonchev–Trinajstić information content (AvgIpc) is 2.63. The third-order valence-electron chi connectivity index (χ3n) is 4.84. The smallest absolute Gasteiger partial charge is 0.166 e. The van der Waals surface area contributed by atoms with E-state index in [1.54, 1.807) is 18.2 Å². The molecule has 2 aliphatic rings. The molecule has 2 fully saturated rings. The van der Waals surface area contributed by atoms with Gasteiger partial charge in [-0.25, -0.2) is 4.39 Å². The summed E-state index contributed by atoms with van der Waals surface area (Å²) in [6.45, 7) is 0. The Labute approximate surface area is 113 Å². The molecule has 0 amide bonds. The summed E-state index contributed by atoms with van der Waals surface area (Å²) in [6, 6.07) is 7.60. The van der Waals surface area contributed by atoms with E-state index in [-0.39, 0.29) is 17.2 Å². The fourth-order valence-electron chi connectivity index (χ4n) is 3.75. The van der Waals surface area contributed by atoms with Crippen molar-refractivity contribution in [2.24, 2.45) is 5.92 Å². The molecule has 1 aromatic carbocycles. The number of halogens is 1. The van der Waals surface area contributed by atoms with Crippen molar-refractivity contribution in [3.63, 3.8) is 0 Å². The topological polar surface area (TPSA) is 20.3 Å². The number of carbonyl (C=O) groups is 1. The lowest BCUT2D eigenvalue weighted by molar-refractivity contribution is 0.0879. The number of Topliss-reactive ketones (excluding diaryl/α,β-unsaturated/α-hetero) is 1. The first-order chi connectivity index (χ1) is 9.15. The van der Waals surface area contributed by atoms with Crippen LogP contribution in [0.25, 0.3) is 0 Å². The monoisotopic (exact) mass is 261 g/mol. The van der Waals surface area contributed by atoms with Crippen molar-refractivity contribution in [1.82, 2.24) is 4.90 Å². The van der Waals surface area contributed by atoms with E-state index in [1.807, 2.05) is 0 Å². The molecule has 0 radical (unpaired) electrons. The van der Waals surface area contributed by atoms with Gasteiger partial charge in [0.05, 0.1) is 5.56 Å². The number of carbonyl (C=O) groups excluding carboxylic acids is 1. The lowest BCUT2D eigenvalue weighted by Gasteiger charge is -2.36. The van der Waals surface area contributed by atoms with E-state index in [9.17, 15) is 9.18 Å². The summed E-state index contributed by atoms with van der Waals surface area (Å²) in [6.07, 6.45) is 5.19. The largest absolute Gasteiger partial charge is 0.300 e. The maximum Gasteiger partial charge on any atom is 0.166 e. The zero-order valence-corrected chi connectivity index (χ0v) is 11.3. The third-order valence-corrected chi connectivity index (χ3v) is 4.84. The number of fused-ring (bicyclic) bond motifs is 2. The Morgan fingerprint density at radius 1 is 1.26 bits per heavy atom. The maximum absolute atomic E-state index is 13.6. The van der Waals surface area contributed by atoms with Gasteiger partial charge in [-0.15, -0.1) is 0 Å². The Bertz CT molecular complexity index is 473. The quantitative estimate of drug-likeness (QED) is 0.778. The van der Waals surface area contributed by atoms with Crippen LogP contribution >= 0.6 is 0 Å². The summed E-state index contributed by atoms with van der Waals surface area (Å²) in [5.74, 6) is 0.0104. The first-order valence-corrected chi connectivity index (χ1v) is 7.15. The van der Waals surface area contributed by atoms with Gasteiger partial charge in [-0.2, -0.15) is 0 Å². The van der Waals surface area contributed by atoms with E-state index < -0.39 is 0 Å². The highest BCUT2D eigenvalue weighted by Crippen LogP contribution is 2.39. The van der Waals surface area contributed by atoms with E-state index in [1.165, 1.54) is 18.9 Å². The molecule has 2 nitrogen and oxygen atoms in total. The molecule has 3 heteroatoms. The zero-order valence-electron chi connectivity index (χ0n) is 11.3. The third kappa shape index (κ3) is 2.44. The number of ketones is 1. The predicted molar refractivity (Wildman–Crippen MR) is 72.6 cm³/mol. The van der Waals surface area contributed by atoms with Gasteiger partial charge in [0.15, 0.2) is 5.78 Å². The second-order valence-electron chi connectivity index (χ2n) is 6.00. The number of piperidine rings is 1. The highest BCUT2D eigenvalue weighted by molar-refractivity contribution is 5.96. The van der Waals surface area contributed by atoms with E-state index >= 15 is 0 Å². The molecular weight excluding hydrogens is 241 g/mol. The first-order valence-electron chi connectivity index (χ1n) is 7.15. The first kappa shape index (κ1) is 12.8. The highest BCUT2D eigenvalue weighted by Gasteiger charge is 2.38. The number of hydrogen-bond acceptors (Lipinski definition) is 2. The second-order valence-corrected chi connectivity index (χ2v) is 6.00. The van der Waals surface area contributed by atoms with E-state index in [0.29, 0.717) is 24.4 Å². The second kappa shape index (κ2) is 5.04. The van der Waals surface area contributed by atoms with Gasteiger partial charge in [-0.05, 0) is 50.8 Å². The molecule has 0 aromatic heterocycles. The van der Waals surface area contributed by atoms with Crippen molar-refractivity contribution in [3.8, 4) is 0 Å². The Kier molecular flexibility index (Phi) is 3.40. The molecule has 0 N–H and O–H groups in total. The van der Waals surface area contributed by atoms with Crippen LogP contribution < -0.4 is 0 Å². The van der Waals surface area contributed by atoms with E-state index in [4.69, 9.17) is 0 Å². The number of benzene rings is 1. The molecule has 0 aliphatic carbocycles. The lowest BCUT2D eigenvalue weighted by Crippen LogP contribution is -2.40. The molecule has 3 rings (SSSR count). The summed E-state index contributed by atoms with van der Waals surface area (Å²) < 4.78 is 13.6. The fourth-order valence-corrected chi connectivity index (χ4v) is 3.75. The molecule has 0 spiro atoms. The van der Waals surface area contributed by atoms with Gasteiger partial charge in [-0.3, -0.25) is 4.79 Å². The van der Waals surface area contributed by atoms with E-state index in [2.05, 4.69) is 11.9 Å². The average molecular weight is 261 g/mol. The van der Waals surface area contributed by atoms with Gasteiger partial charge in [0.1, 0.15) is 5.82 Å². The number of hydrogen-bond donors (Lipinski definition) is 0. The normalized spacial score (nSPS) is 30.5. The summed E-state index contributed by atoms with van der Waals surface area (Å²) in [5.41, 5.74) is 0.258. The standard InChI is InChI=1S/C16H20FNO/c1-18-12-6-7-13(18)9-11(8-12)10-16(19)14-4-2-3-5-15(14)17/h2-5,11-13H,6-10H2,1H3. The lowest BCUT2D eigenvalue weighted by atomic mass is 9.86. The Morgan fingerprint density at radius 3 is 2.53 bits per heavy atom. The van der Waals surface area contributed by atoms with Gasteiger partial charge in [0.2, 0.25) is 0 Å².